The first-order chi connectivity index (χ1) is 6.43. The van der Waals surface area contributed by atoms with Gasteiger partial charge in [-0.25, -0.2) is 0 Å². The lowest BCUT2D eigenvalue weighted by molar-refractivity contribution is 0.0369. The highest BCUT2D eigenvalue weighted by Crippen LogP contribution is 2.51. The summed E-state index contributed by atoms with van der Waals surface area (Å²) in [7, 11) is 0. The summed E-state index contributed by atoms with van der Waals surface area (Å²) in [5.41, 5.74) is -0.311. The molecular weight excluding hydrogens is 260 g/mol. The Kier molecular flexibility index (Phi) is 2.53. The van der Waals surface area contributed by atoms with Crippen molar-refractivity contribution in [3.8, 4) is 0 Å². The molecule has 1 N–H and O–H groups in total. The summed E-state index contributed by atoms with van der Waals surface area (Å²) in [5, 5.41) is 12.6. The van der Waals surface area contributed by atoms with Crippen LogP contribution in [-0.4, -0.2) is 5.11 Å². The first-order valence-electron chi connectivity index (χ1n) is 4.89. The molecule has 0 saturated heterocycles. The van der Waals surface area contributed by atoms with Crippen molar-refractivity contribution in [1.29, 1.82) is 0 Å². The van der Waals surface area contributed by atoms with Crippen molar-refractivity contribution in [2.75, 3.05) is 0 Å². The fraction of sp³-hybridized carbons (Fsp3) is 0.636. The van der Waals surface area contributed by atoms with Crippen LogP contribution in [-0.2, 0) is 5.60 Å². The standard InChI is InChI=1S/C11H15BrOS/c1-10(2)4-5-11(13,7-10)9-8(12)3-6-14-9/h3,6,13H,4-5,7H2,1-2H3. The van der Waals surface area contributed by atoms with E-state index in [2.05, 4.69) is 29.8 Å². The highest BCUT2D eigenvalue weighted by molar-refractivity contribution is 9.10. The van der Waals surface area contributed by atoms with Crippen molar-refractivity contribution in [2.24, 2.45) is 5.41 Å². The van der Waals surface area contributed by atoms with E-state index >= 15 is 0 Å². The molecule has 0 amide bonds. The van der Waals surface area contributed by atoms with Crippen molar-refractivity contribution in [3.63, 3.8) is 0 Å². The molecule has 1 nitrogen and oxygen atoms in total. The fourth-order valence-electron chi connectivity index (χ4n) is 2.33. The second-order valence-corrected chi connectivity index (χ2v) is 6.74. The lowest BCUT2D eigenvalue weighted by Gasteiger charge is -2.24. The Morgan fingerprint density at radius 2 is 2.14 bits per heavy atom. The van der Waals surface area contributed by atoms with Gasteiger partial charge < -0.3 is 5.11 Å². The van der Waals surface area contributed by atoms with Gasteiger partial charge in [-0.3, -0.25) is 0 Å². The molecule has 2 rings (SSSR count). The van der Waals surface area contributed by atoms with Crippen LogP contribution in [0.4, 0.5) is 0 Å². The van der Waals surface area contributed by atoms with Crippen LogP contribution in [0, 0.1) is 5.41 Å². The molecule has 0 aromatic carbocycles. The van der Waals surface area contributed by atoms with E-state index in [1.807, 2.05) is 11.4 Å². The van der Waals surface area contributed by atoms with Crippen LogP contribution in [0.15, 0.2) is 15.9 Å². The summed E-state index contributed by atoms with van der Waals surface area (Å²) in [6.07, 6.45) is 2.87. The quantitative estimate of drug-likeness (QED) is 0.824. The maximum absolute atomic E-state index is 10.5. The predicted molar refractivity (Wildman–Crippen MR) is 63.5 cm³/mol. The maximum Gasteiger partial charge on any atom is 0.100 e. The Morgan fingerprint density at radius 3 is 2.57 bits per heavy atom. The van der Waals surface area contributed by atoms with E-state index in [1.165, 1.54) is 0 Å². The molecule has 0 bridgehead atoms. The molecule has 1 aromatic rings. The molecular formula is C11H15BrOS. The van der Waals surface area contributed by atoms with Gasteiger partial charge in [-0.1, -0.05) is 13.8 Å². The van der Waals surface area contributed by atoms with Crippen molar-refractivity contribution in [3.05, 3.63) is 20.8 Å². The minimum absolute atomic E-state index is 0.276. The molecule has 1 unspecified atom stereocenters. The molecule has 0 radical (unpaired) electrons. The van der Waals surface area contributed by atoms with Crippen LogP contribution in [0.2, 0.25) is 0 Å². The summed E-state index contributed by atoms with van der Waals surface area (Å²) in [6.45, 7) is 4.46. The summed E-state index contributed by atoms with van der Waals surface area (Å²) in [5.74, 6) is 0. The van der Waals surface area contributed by atoms with Crippen LogP contribution < -0.4 is 0 Å². The Labute approximate surface area is 97.3 Å². The third-order valence-electron chi connectivity index (χ3n) is 3.03. The molecule has 1 fully saturated rings. The smallest absolute Gasteiger partial charge is 0.100 e. The molecule has 14 heavy (non-hydrogen) atoms. The molecule has 0 aliphatic heterocycles. The SMILES string of the molecule is CC1(C)CCC(O)(c2sccc2Br)C1. The second-order valence-electron chi connectivity index (χ2n) is 4.97. The van der Waals surface area contributed by atoms with E-state index < -0.39 is 5.60 Å². The molecule has 78 valence electrons. The van der Waals surface area contributed by atoms with Crippen molar-refractivity contribution in [2.45, 2.75) is 38.7 Å². The molecule has 3 heteroatoms. The molecule has 0 spiro atoms. The van der Waals surface area contributed by atoms with Gasteiger partial charge in [0.2, 0.25) is 0 Å². The summed E-state index contributed by atoms with van der Waals surface area (Å²) >= 11 is 5.15. The van der Waals surface area contributed by atoms with Gasteiger partial charge in [-0.05, 0) is 52.1 Å². The third-order valence-corrected chi connectivity index (χ3v) is 5.06. The summed E-state index contributed by atoms with van der Waals surface area (Å²) in [6, 6.07) is 2.02. The zero-order chi connectivity index (χ0) is 10.4. The minimum atomic E-state index is -0.587. The average molecular weight is 275 g/mol. The normalized spacial score (nSPS) is 30.9. The maximum atomic E-state index is 10.5. The Balaban J connectivity index is 2.32. The molecule has 1 saturated carbocycles. The Bertz CT molecular complexity index is 345. The first kappa shape index (κ1) is 10.7. The lowest BCUT2D eigenvalue weighted by atomic mass is 9.89. The Morgan fingerprint density at radius 1 is 1.43 bits per heavy atom. The number of hydrogen-bond acceptors (Lipinski definition) is 2. The molecule has 1 atom stereocenters. The van der Waals surface area contributed by atoms with Gasteiger partial charge >= 0.3 is 0 Å². The zero-order valence-electron chi connectivity index (χ0n) is 8.51. The van der Waals surface area contributed by atoms with Gasteiger partial charge in [0.15, 0.2) is 0 Å². The summed E-state index contributed by atoms with van der Waals surface area (Å²) in [4.78, 5) is 1.10. The van der Waals surface area contributed by atoms with E-state index in [9.17, 15) is 5.11 Å². The van der Waals surface area contributed by atoms with Gasteiger partial charge in [0.1, 0.15) is 5.60 Å². The van der Waals surface area contributed by atoms with Crippen molar-refractivity contribution >= 4 is 27.3 Å². The van der Waals surface area contributed by atoms with E-state index in [1.54, 1.807) is 11.3 Å². The van der Waals surface area contributed by atoms with Gasteiger partial charge in [0.05, 0.1) is 4.88 Å². The van der Waals surface area contributed by atoms with Crippen molar-refractivity contribution < 1.29 is 5.11 Å². The van der Waals surface area contributed by atoms with Gasteiger partial charge in [-0.2, -0.15) is 0 Å². The van der Waals surface area contributed by atoms with E-state index in [0.717, 1.165) is 28.6 Å². The van der Waals surface area contributed by atoms with Crippen LogP contribution in [0.3, 0.4) is 0 Å². The minimum Gasteiger partial charge on any atom is -0.384 e. The van der Waals surface area contributed by atoms with Crippen LogP contribution in [0.5, 0.6) is 0 Å². The highest BCUT2D eigenvalue weighted by atomic mass is 79.9. The van der Waals surface area contributed by atoms with E-state index in [4.69, 9.17) is 0 Å². The number of halogens is 1. The average Bonchev–Trinajstić information content (AvgIpc) is 2.57. The zero-order valence-corrected chi connectivity index (χ0v) is 10.9. The topological polar surface area (TPSA) is 20.2 Å². The van der Waals surface area contributed by atoms with E-state index in [-0.39, 0.29) is 5.41 Å². The first-order valence-corrected chi connectivity index (χ1v) is 6.56. The van der Waals surface area contributed by atoms with Crippen LogP contribution in [0.1, 0.15) is 38.0 Å². The van der Waals surface area contributed by atoms with Crippen molar-refractivity contribution in [1.82, 2.24) is 0 Å². The molecule has 1 aromatic heterocycles. The monoisotopic (exact) mass is 274 g/mol. The lowest BCUT2D eigenvalue weighted by Crippen LogP contribution is -2.22. The van der Waals surface area contributed by atoms with Gasteiger partial charge in [0, 0.05) is 4.47 Å². The van der Waals surface area contributed by atoms with Crippen LogP contribution >= 0.6 is 27.3 Å². The molecule has 1 aliphatic rings. The molecule has 1 aliphatic carbocycles. The predicted octanol–water partition coefficient (Wildman–Crippen LogP) is 3.91. The van der Waals surface area contributed by atoms with Gasteiger partial charge in [-0.15, -0.1) is 11.3 Å². The van der Waals surface area contributed by atoms with Crippen LogP contribution in [0.25, 0.3) is 0 Å². The Hall–Kier alpha value is 0.140. The molecule has 1 heterocycles. The number of rotatable bonds is 1. The number of aliphatic hydroxyl groups is 1. The van der Waals surface area contributed by atoms with Gasteiger partial charge in [0.25, 0.3) is 0 Å². The second kappa shape index (κ2) is 3.32. The highest BCUT2D eigenvalue weighted by Gasteiger charge is 2.44. The largest absolute Gasteiger partial charge is 0.384 e. The third kappa shape index (κ3) is 1.77. The fourth-order valence-corrected chi connectivity index (χ4v) is 4.20. The summed E-state index contributed by atoms with van der Waals surface area (Å²) < 4.78 is 1.06. The van der Waals surface area contributed by atoms with E-state index in [0.29, 0.717) is 0 Å². The number of hydrogen-bond donors (Lipinski definition) is 1. The number of thiophene rings is 1.